The van der Waals surface area contributed by atoms with Gasteiger partial charge in [0, 0.05) is 17.1 Å². The maximum Gasteiger partial charge on any atom is 0.266 e. The molecule has 0 saturated heterocycles. The highest BCUT2D eigenvalue weighted by Gasteiger charge is 2.21. The van der Waals surface area contributed by atoms with Crippen molar-refractivity contribution in [3.8, 4) is 0 Å². The molecule has 28 heavy (non-hydrogen) atoms. The van der Waals surface area contributed by atoms with Crippen LogP contribution >= 0.6 is 7.14 Å². The second-order valence-corrected chi connectivity index (χ2v) is 10.2. The minimum absolute atomic E-state index is 0.1000. The standard InChI is InChI=1S/C19H20F3N4OP/c1-10(13-6-5-7-14(16(13)20)17(21)22)24-19-15-8-12(28(3,4)27)9-23-18(15)25-11(2)26-19/h5-10,17H,1-4H3,(H,23,24,25,26). The molecule has 2 aromatic heterocycles. The third kappa shape index (κ3) is 4.02. The lowest BCUT2D eigenvalue weighted by molar-refractivity contribution is 0.146. The summed E-state index contributed by atoms with van der Waals surface area (Å²) >= 11 is 0. The van der Waals surface area contributed by atoms with E-state index in [9.17, 15) is 17.7 Å². The van der Waals surface area contributed by atoms with Crippen molar-refractivity contribution in [2.75, 3.05) is 18.6 Å². The Balaban J connectivity index is 2.06. The summed E-state index contributed by atoms with van der Waals surface area (Å²) in [5.74, 6) is -0.127. The van der Waals surface area contributed by atoms with E-state index >= 15 is 0 Å². The van der Waals surface area contributed by atoms with Gasteiger partial charge < -0.3 is 9.88 Å². The molecule has 0 aliphatic rings. The van der Waals surface area contributed by atoms with Gasteiger partial charge in [0.05, 0.1) is 17.0 Å². The molecule has 9 heteroatoms. The highest BCUT2D eigenvalue weighted by molar-refractivity contribution is 7.70. The van der Waals surface area contributed by atoms with E-state index in [4.69, 9.17) is 0 Å². The zero-order valence-corrected chi connectivity index (χ0v) is 16.8. The molecule has 0 fully saturated rings. The number of fused-ring (bicyclic) bond motifs is 1. The second-order valence-electron chi connectivity index (χ2n) is 6.95. The third-order valence-electron chi connectivity index (χ3n) is 4.38. The average molecular weight is 408 g/mol. The molecular weight excluding hydrogens is 388 g/mol. The van der Waals surface area contributed by atoms with Crippen LogP contribution in [-0.4, -0.2) is 28.3 Å². The minimum atomic E-state index is -2.90. The van der Waals surface area contributed by atoms with Gasteiger partial charge in [-0.2, -0.15) is 0 Å². The highest BCUT2D eigenvalue weighted by Crippen LogP contribution is 2.36. The number of halogens is 3. The van der Waals surface area contributed by atoms with Crippen molar-refractivity contribution in [2.24, 2.45) is 0 Å². The van der Waals surface area contributed by atoms with Crippen molar-refractivity contribution < 1.29 is 17.7 Å². The van der Waals surface area contributed by atoms with Crippen LogP contribution in [0.1, 0.15) is 36.3 Å². The molecule has 1 unspecified atom stereocenters. The molecule has 0 aliphatic heterocycles. The molecule has 0 radical (unpaired) electrons. The van der Waals surface area contributed by atoms with Crippen LogP contribution in [0.4, 0.5) is 19.0 Å². The molecule has 3 rings (SSSR count). The molecule has 0 aliphatic carbocycles. The Morgan fingerprint density at radius 2 is 1.82 bits per heavy atom. The second kappa shape index (κ2) is 7.51. The first kappa shape index (κ1) is 20.3. The topological polar surface area (TPSA) is 67.8 Å². The van der Waals surface area contributed by atoms with Gasteiger partial charge in [0.25, 0.3) is 6.43 Å². The zero-order valence-electron chi connectivity index (χ0n) is 15.9. The minimum Gasteiger partial charge on any atom is -0.363 e. The largest absolute Gasteiger partial charge is 0.363 e. The Bertz CT molecular complexity index is 1080. The Hall–Kier alpha value is -2.47. The summed E-state index contributed by atoms with van der Waals surface area (Å²) in [5.41, 5.74) is -0.138. The summed E-state index contributed by atoms with van der Waals surface area (Å²) in [6, 6.07) is 4.96. The van der Waals surface area contributed by atoms with Crippen LogP contribution in [0.3, 0.4) is 0 Å². The normalized spacial score (nSPS) is 13.1. The quantitative estimate of drug-likeness (QED) is 0.613. The molecule has 1 aromatic carbocycles. The first-order chi connectivity index (χ1) is 13.1. The number of hydrogen-bond acceptors (Lipinski definition) is 5. The lowest BCUT2D eigenvalue weighted by atomic mass is 10.0. The Morgan fingerprint density at radius 1 is 1.14 bits per heavy atom. The van der Waals surface area contributed by atoms with Crippen LogP contribution < -0.4 is 10.6 Å². The van der Waals surface area contributed by atoms with Crippen LogP contribution in [0.2, 0.25) is 0 Å². The highest BCUT2D eigenvalue weighted by atomic mass is 31.2. The Kier molecular flexibility index (Phi) is 5.44. The summed E-state index contributed by atoms with van der Waals surface area (Å²) in [5, 5.41) is 4.16. The molecule has 148 valence electrons. The SMILES string of the molecule is Cc1nc(NC(C)c2cccc(C(F)F)c2F)c2cc(P(C)(C)=O)cnc2n1. The summed E-state index contributed by atoms with van der Waals surface area (Å²) in [7, 11) is -2.56. The lowest BCUT2D eigenvalue weighted by Crippen LogP contribution is -2.13. The number of aryl methyl sites for hydroxylation is 1. The van der Waals surface area contributed by atoms with E-state index in [0.717, 1.165) is 6.07 Å². The first-order valence-electron chi connectivity index (χ1n) is 8.61. The predicted molar refractivity (Wildman–Crippen MR) is 105 cm³/mol. The first-order valence-corrected chi connectivity index (χ1v) is 11.2. The van der Waals surface area contributed by atoms with Gasteiger partial charge >= 0.3 is 0 Å². The van der Waals surface area contributed by atoms with Gasteiger partial charge in [0.15, 0.2) is 5.65 Å². The van der Waals surface area contributed by atoms with Gasteiger partial charge in [-0.1, -0.05) is 18.2 Å². The van der Waals surface area contributed by atoms with E-state index in [1.807, 2.05) is 0 Å². The lowest BCUT2D eigenvalue weighted by Gasteiger charge is -2.19. The average Bonchev–Trinajstić information content (AvgIpc) is 2.60. The maximum absolute atomic E-state index is 14.5. The summed E-state index contributed by atoms with van der Waals surface area (Å²) in [6.07, 6.45) is -1.38. The van der Waals surface area contributed by atoms with Gasteiger partial charge in [-0.15, -0.1) is 0 Å². The molecule has 5 nitrogen and oxygen atoms in total. The summed E-state index contributed by atoms with van der Waals surface area (Å²) in [4.78, 5) is 12.9. The molecule has 3 aromatic rings. The molecule has 2 heterocycles. The van der Waals surface area contributed by atoms with Crippen LogP contribution in [0, 0.1) is 12.7 Å². The number of nitrogens with zero attached hydrogens (tertiary/aromatic N) is 3. The van der Waals surface area contributed by atoms with E-state index in [1.54, 1.807) is 33.2 Å². The van der Waals surface area contributed by atoms with Crippen LogP contribution in [0.25, 0.3) is 11.0 Å². The van der Waals surface area contributed by atoms with Crippen molar-refractivity contribution in [1.82, 2.24) is 15.0 Å². The zero-order chi connectivity index (χ0) is 20.6. The number of benzene rings is 1. The van der Waals surface area contributed by atoms with E-state index in [0.29, 0.717) is 28.0 Å². The summed E-state index contributed by atoms with van der Waals surface area (Å²) in [6.45, 7) is 6.60. The number of alkyl halides is 2. The number of pyridine rings is 1. The fourth-order valence-electron chi connectivity index (χ4n) is 2.87. The van der Waals surface area contributed by atoms with E-state index in [-0.39, 0.29) is 5.56 Å². The van der Waals surface area contributed by atoms with E-state index in [2.05, 4.69) is 20.3 Å². The van der Waals surface area contributed by atoms with Gasteiger partial charge in [0.1, 0.15) is 24.6 Å². The number of nitrogens with one attached hydrogen (secondary N) is 1. The molecular formula is C19H20F3N4OP. The maximum atomic E-state index is 14.5. The summed E-state index contributed by atoms with van der Waals surface area (Å²) < 4.78 is 52.9. The van der Waals surface area contributed by atoms with Crippen molar-refractivity contribution in [1.29, 1.82) is 0 Å². The van der Waals surface area contributed by atoms with Crippen molar-refractivity contribution in [3.05, 3.63) is 53.2 Å². The van der Waals surface area contributed by atoms with Gasteiger partial charge in [-0.3, -0.25) is 0 Å². The molecule has 1 atom stereocenters. The predicted octanol–water partition coefficient (Wildman–Crippen LogP) is 4.83. The Labute approximate surface area is 160 Å². The van der Waals surface area contributed by atoms with Crippen molar-refractivity contribution >= 4 is 29.3 Å². The monoisotopic (exact) mass is 408 g/mol. The third-order valence-corrected chi connectivity index (χ3v) is 5.87. The van der Waals surface area contributed by atoms with E-state index < -0.39 is 31.0 Å². The number of anilines is 1. The Morgan fingerprint density at radius 3 is 2.46 bits per heavy atom. The fraction of sp³-hybridized carbons (Fsp3) is 0.316. The van der Waals surface area contributed by atoms with Crippen molar-refractivity contribution in [2.45, 2.75) is 26.3 Å². The molecule has 0 bridgehead atoms. The van der Waals surface area contributed by atoms with Gasteiger partial charge in [-0.25, -0.2) is 28.1 Å². The van der Waals surface area contributed by atoms with Gasteiger partial charge in [0.2, 0.25) is 0 Å². The van der Waals surface area contributed by atoms with Crippen LogP contribution in [0.15, 0.2) is 30.5 Å². The van der Waals surface area contributed by atoms with Gasteiger partial charge in [-0.05, 0) is 33.2 Å². The number of rotatable bonds is 5. The molecule has 0 amide bonds. The van der Waals surface area contributed by atoms with Crippen LogP contribution in [0.5, 0.6) is 0 Å². The van der Waals surface area contributed by atoms with E-state index in [1.165, 1.54) is 18.3 Å². The van der Waals surface area contributed by atoms with Crippen LogP contribution in [-0.2, 0) is 4.57 Å². The fourth-order valence-corrected chi connectivity index (χ4v) is 3.64. The molecule has 1 N–H and O–H groups in total. The van der Waals surface area contributed by atoms with Crippen molar-refractivity contribution in [3.63, 3.8) is 0 Å². The molecule has 0 saturated carbocycles. The number of hydrogen-bond donors (Lipinski definition) is 1. The molecule has 0 spiro atoms. The number of aromatic nitrogens is 3. The smallest absolute Gasteiger partial charge is 0.266 e.